The Balaban J connectivity index is 1.59. The van der Waals surface area contributed by atoms with Crippen molar-refractivity contribution in [3.05, 3.63) is 110 Å². The Morgan fingerprint density at radius 1 is 1.07 bits per heavy atom. The maximum Gasteiger partial charge on any atom is 0.273 e. The van der Waals surface area contributed by atoms with Crippen molar-refractivity contribution >= 4 is 49.4 Å². The zero-order valence-corrected chi connectivity index (χ0v) is 25.6. The minimum atomic E-state index is -4.39. The van der Waals surface area contributed by atoms with Crippen LogP contribution in [0.15, 0.2) is 87.3 Å². The fraction of sp³-hybridized carbons (Fsp3) is 0.172. The number of anilines is 1. The van der Waals surface area contributed by atoms with Gasteiger partial charge in [-0.1, -0.05) is 22.0 Å². The van der Waals surface area contributed by atoms with Crippen molar-refractivity contribution in [3.63, 3.8) is 0 Å². The van der Waals surface area contributed by atoms with Gasteiger partial charge >= 0.3 is 0 Å². The number of hydrogen-bond donors (Lipinski definition) is 1. The van der Waals surface area contributed by atoms with Gasteiger partial charge in [-0.25, -0.2) is 13.8 Å². The lowest BCUT2D eigenvalue weighted by molar-refractivity contribution is -0.385. The number of halogens is 1. The lowest BCUT2D eigenvalue weighted by atomic mass is 10.2. The first-order valence-electron chi connectivity index (χ1n) is 12.6. The van der Waals surface area contributed by atoms with E-state index in [2.05, 4.69) is 26.5 Å². The first kappa shape index (κ1) is 30.5. The molecule has 0 saturated carbocycles. The molecule has 0 aliphatic carbocycles. The molecule has 3 aromatic carbocycles. The van der Waals surface area contributed by atoms with Gasteiger partial charge in [-0.3, -0.25) is 19.2 Å². The zero-order chi connectivity index (χ0) is 30.6. The van der Waals surface area contributed by atoms with Gasteiger partial charge in [0.2, 0.25) is 0 Å². The van der Waals surface area contributed by atoms with E-state index in [0.29, 0.717) is 11.3 Å². The summed E-state index contributed by atoms with van der Waals surface area (Å²) in [6, 6.07) is 19.4. The van der Waals surface area contributed by atoms with E-state index in [4.69, 9.17) is 4.74 Å². The number of sulfonamides is 1. The molecule has 4 aromatic rings. The first-order valence-corrected chi connectivity index (χ1v) is 14.8. The molecule has 1 aromatic heterocycles. The van der Waals surface area contributed by atoms with E-state index in [1.807, 2.05) is 48.7 Å². The van der Waals surface area contributed by atoms with Crippen LogP contribution in [0.4, 0.5) is 11.4 Å². The van der Waals surface area contributed by atoms with Crippen LogP contribution in [0.2, 0.25) is 0 Å². The van der Waals surface area contributed by atoms with Gasteiger partial charge in [0.15, 0.2) is 0 Å². The highest BCUT2D eigenvalue weighted by molar-refractivity contribution is 9.10. The average molecular weight is 655 g/mol. The third-order valence-electron chi connectivity index (χ3n) is 6.56. The summed E-state index contributed by atoms with van der Waals surface area (Å²) in [6.45, 7) is 4.76. The van der Waals surface area contributed by atoms with Crippen LogP contribution in [0, 0.1) is 30.9 Å². The van der Waals surface area contributed by atoms with Crippen molar-refractivity contribution in [3.8, 4) is 11.4 Å². The molecule has 0 aliphatic rings. The van der Waals surface area contributed by atoms with Crippen molar-refractivity contribution in [1.82, 2.24) is 9.99 Å². The number of nitro benzene ring substituents is 1. The van der Waals surface area contributed by atoms with Gasteiger partial charge in [0.25, 0.3) is 21.6 Å². The number of nitrogens with one attached hydrogen (secondary N) is 1. The van der Waals surface area contributed by atoms with Gasteiger partial charge in [-0.05, 0) is 81.4 Å². The lowest BCUT2D eigenvalue weighted by Gasteiger charge is -2.24. The smallest absolute Gasteiger partial charge is 0.273 e. The molecule has 0 aliphatic heterocycles. The number of amides is 1. The van der Waals surface area contributed by atoms with Crippen LogP contribution in [0.25, 0.3) is 5.69 Å². The Hall–Kier alpha value is -4.49. The van der Waals surface area contributed by atoms with Crippen molar-refractivity contribution in [2.75, 3.05) is 18.0 Å². The van der Waals surface area contributed by atoms with Crippen LogP contribution in [-0.2, 0) is 14.8 Å². The standard InChI is InChI=1S/C29H28BrN5O6S/c1-19-5-14-27(16-28(19)35(37)38)42(39,40)33(24-10-12-26(41-4)13-11-24)18-29(36)32-31-17-22-15-20(2)34(21(22)3)25-8-6-23(30)7-9-25/h5-17H,18H2,1-4H3,(H,32,36)/b31-17+. The molecule has 0 radical (unpaired) electrons. The SMILES string of the molecule is COc1ccc(N(CC(=O)N/N=C/c2cc(C)n(-c3ccc(Br)cc3)c2C)S(=O)(=O)c2ccc(C)c([N+](=O)[O-])c2)cc1. The highest BCUT2D eigenvalue weighted by Gasteiger charge is 2.29. The van der Waals surface area contributed by atoms with E-state index in [0.717, 1.165) is 37.5 Å². The normalized spacial score (nSPS) is 11.5. The fourth-order valence-corrected chi connectivity index (χ4v) is 6.09. The summed E-state index contributed by atoms with van der Waals surface area (Å²) in [7, 11) is -2.92. The van der Waals surface area contributed by atoms with Crippen LogP contribution < -0.4 is 14.5 Å². The van der Waals surface area contributed by atoms with Crippen molar-refractivity contribution in [1.29, 1.82) is 0 Å². The van der Waals surface area contributed by atoms with Gasteiger partial charge in [-0.2, -0.15) is 5.10 Å². The average Bonchev–Trinajstić information content (AvgIpc) is 3.24. The monoisotopic (exact) mass is 653 g/mol. The molecular weight excluding hydrogens is 626 g/mol. The molecule has 42 heavy (non-hydrogen) atoms. The molecular formula is C29H28BrN5O6S. The quantitative estimate of drug-likeness (QED) is 0.138. The van der Waals surface area contributed by atoms with E-state index >= 15 is 0 Å². The number of aryl methyl sites for hydroxylation is 2. The van der Waals surface area contributed by atoms with Crippen LogP contribution in [-0.4, -0.2) is 43.7 Å². The molecule has 0 atom stereocenters. The second kappa shape index (κ2) is 12.6. The first-order chi connectivity index (χ1) is 19.9. The molecule has 0 unspecified atom stereocenters. The second-order valence-electron chi connectivity index (χ2n) is 9.35. The van der Waals surface area contributed by atoms with E-state index < -0.39 is 27.4 Å². The number of carbonyl (C=O) groups is 1. The Morgan fingerprint density at radius 3 is 2.36 bits per heavy atom. The predicted octanol–water partition coefficient (Wildman–Crippen LogP) is 5.43. The molecule has 1 N–H and O–H groups in total. The summed E-state index contributed by atoms with van der Waals surface area (Å²) < 4.78 is 36.4. The number of nitro groups is 1. The molecule has 4 rings (SSSR count). The molecule has 0 saturated heterocycles. The minimum Gasteiger partial charge on any atom is -0.497 e. The van der Waals surface area contributed by atoms with E-state index in [1.165, 1.54) is 44.5 Å². The number of methoxy groups -OCH3 is 1. The highest BCUT2D eigenvalue weighted by Crippen LogP contribution is 2.29. The van der Waals surface area contributed by atoms with Crippen LogP contribution in [0.1, 0.15) is 22.5 Å². The summed E-state index contributed by atoms with van der Waals surface area (Å²) in [6.07, 6.45) is 1.49. The number of nitrogens with zero attached hydrogens (tertiary/aromatic N) is 4. The summed E-state index contributed by atoms with van der Waals surface area (Å²) in [5.74, 6) is -0.231. The number of hydrogen-bond acceptors (Lipinski definition) is 7. The van der Waals surface area contributed by atoms with Crippen LogP contribution in [0.5, 0.6) is 5.75 Å². The Bertz CT molecular complexity index is 1770. The topological polar surface area (TPSA) is 136 Å². The largest absolute Gasteiger partial charge is 0.497 e. The number of aromatic nitrogens is 1. The second-order valence-corrected chi connectivity index (χ2v) is 12.1. The van der Waals surface area contributed by atoms with Crippen LogP contribution in [0.3, 0.4) is 0 Å². The summed E-state index contributed by atoms with van der Waals surface area (Å²) in [4.78, 5) is 23.5. The molecule has 218 valence electrons. The molecule has 11 nitrogen and oxygen atoms in total. The predicted molar refractivity (Wildman–Crippen MR) is 164 cm³/mol. The summed E-state index contributed by atoms with van der Waals surface area (Å²) in [5, 5.41) is 15.5. The number of hydrazone groups is 1. The maximum absolute atomic E-state index is 13.7. The van der Waals surface area contributed by atoms with Crippen molar-refractivity contribution in [2.45, 2.75) is 25.7 Å². The Kier molecular flexibility index (Phi) is 9.12. The molecule has 1 amide bonds. The van der Waals surface area contributed by atoms with Gasteiger partial charge in [0.1, 0.15) is 12.3 Å². The molecule has 1 heterocycles. The van der Waals surface area contributed by atoms with E-state index in [-0.39, 0.29) is 16.3 Å². The third kappa shape index (κ3) is 6.52. The summed E-state index contributed by atoms with van der Waals surface area (Å²) >= 11 is 3.44. The van der Waals surface area contributed by atoms with Gasteiger partial charge in [0.05, 0.1) is 28.8 Å². The number of benzene rings is 3. The number of rotatable bonds is 10. The minimum absolute atomic E-state index is 0.163. The van der Waals surface area contributed by atoms with E-state index in [1.54, 1.807) is 12.1 Å². The maximum atomic E-state index is 13.7. The van der Waals surface area contributed by atoms with E-state index in [9.17, 15) is 23.3 Å². The third-order valence-corrected chi connectivity index (χ3v) is 8.86. The zero-order valence-electron chi connectivity index (χ0n) is 23.2. The van der Waals surface area contributed by atoms with Crippen molar-refractivity contribution in [2.24, 2.45) is 5.10 Å². The van der Waals surface area contributed by atoms with Gasteiger partial charge < -0.3 is 9.30 Å². The molecule has 0 bridgehead atoms. The molecule has 0 fully saturated rings. The van der Waals surface area contributed by atoms with Gasteiger partial charge in [0, 0.05) is 38.7 Å². The Morgan fingerprint density at radius 2 is 1.74 bits per heavy atom. The van der Waals surface area contributed by atoms with Gasteiger partial charge in [-0.15, -0.1) is 0 Å². The lowest BCUT2D eigenvalue weighted by Crippen LogP contribution is -2.39. The highest BCUT2D eigenvalue weighted by atomic mass is 79.9. The number of carbonyl (C=O) groups excluding carboxylic acids is 1. The van der Waals surface area contributed by atoms with Crippen molar-refractivity contribution < 1.29 is 22.9 Å². The summed E-state index contributed by atoms with van der Waals surface area (Å²) in [5.41, 5.74) is 6.11. The molecule has 13 heteroatoms. The van der Waals surface area contributed by atoms with Crippen LogP contribution >= 0.6 is 15.9 Å². The number of ether oxygens (including phenoxy) is 1. The Labute approximate surface area is 251 Å². The molecule has 0 spiro atoms. The fourth-order valence-electron chi connectivity index (χ4n) is 4.38.